The lowest BCUT2D eigenvalue weighted by atomic mass is 10.0. The minimum Gasteiger partial charge on any atom is -0.463 e. The summed E-state index contributed by atoms with van der Waals surface area (Å²) in [6.45, 7) is 9.71. The van der Waals surface area contributed by atoms with E-state index < -0.39 is 29.7 Å². The van der Waals surface area contributed by atoms with Gasteiger partial charge in [-0.1, -0.05) is 64.4 Å². The van der Waals surface area contributed by atoms with E-state index >= 15 is 0 Å². The smallest absolute Gasteiger partial charge is 0.305 e. The van der Waals surface area contributed by atoms with Gasteiger partial charge < -0.3 is 47.9 Å². The number of rotatable bonds is 39. The second kappa shape index (κ2) is 33.1. The molecule has 2 aliphatic rings. The number of nitrogens with one attached hydrogen (secondary N) is 2. The number of piperidine rings is 1. The third-order valence-electron chi connectivity index (χ3n) is 9.61. The van der Waals surface area contributed by atoms with Gasteiger partial charge in [-0.05, 0) is 25.0 Å². The van der Waals surface area contributed by atoms with Crippen LogP contribution in [-0.2, 0) is 57.0 Å². The van der Waals surface area contributed by atoms with Gasteiger partial charge in [0.05, 0.1) is 117 Å². The SMILES string of the molecule is CCCCCCCCCCCC(=O)OCCOCCOCCOCCOCCOCCOCCOCCOCCNc1cccc2c1C(=O)N(C1CCC(=O)NC1=O)C2=O. The summed E-state index contributed by atoms with van der Waals surface area (Å²) in [5, 5.41) is 5.33. The lowest BCUT2D eigenvalue weighted by molar-refractivity contribution is -0.145. The fourth-order valence-electron chi connectivity index (χ4n) is 6.43. The van der Waals surface area contributed by atoms with Crippen LogP contribution in [0.25, 0.3) is 0 Å². The van der Waals surface area contributed by atoms with Crippen LogP contribution in [0.4, 0.5) is 5.69 Å². The summed E-state index contributed by atoms with van der Waals surface area (Å²) >= 11 is 0. The fourth-order valence-corrected chi connectivity index (χ4v) is 6.43. The first kappa shape index (κ1) is 50.8. The summed E-state index contributed by atoms with van der Waals surface area (Å²) in [6.07, 6.45) is 11.6. The quantitative estimate of drug-likeness (QED) is 0.0546. The number of ether oxygens (including phenoxy) is 9. The Labute approximate surface area is 355 Å². The maximum Gasteiger partial charge on any atom is 0.305 e. The van der Waals surface area contributed by atoms with Crippen molar-refractivity contribution < 1.29 is 66.6 Å². The van der Waals surface area contributed by atoms with Gasteiger partial charge >= 0.3 is 5.97 Å². The van der Waals surface area contributed by atoms with Crippen molar-refractivity contribution in [2.75, 3.05) is 124 Å². The molecular weight excluding hydrogens is 782 g/mol. The van der Waals surface area contributed by atoms with Gasteiger partial charge in [-0.15, -0.1) is 0 Å². The Morgan fingerprint density at radius 1 is 0.617 bits per heavy atom. The van der Waals surface area contributed by atoms with E-state index in [0.29, 0.717) is 124 Å². The van der Waals surface area contributed by atoms with E-state index in [-0.39, 0.29) is 36.5 Å². The first-order valence-electron chi connectivity index (χ1n) is 21.8. The molecule has 3 rings (SSSR count). The highest BCUT2D eigenvalue weighted by atomic mass is 16.6. The van der Waals surface area contributed by atoms with E-state index in [1.54, 1.807) is 18.2 Å². The maximum atomic E-state index is 13.2. The summed E-state index contributed by atoms with van der Waals surface area (Å²) in [5.41, 5.74) is 0.903. The summed E-state index contributed by atoms with van der Waals surface area (Å²) in [5.74, 6) is -2.32. The second-order valence-corrected chi connectivity index (χ2v) is 14.3. The van der Waals surface area contributed by atoms with E-state index in [1.165, 1.54) is 44.9 Å². The van der Waals surface area contributed by atoms with Crippen LogP contribution in [-0.4, -0.2) is 159 Å². The molecule has 60 heavy (non-hydrogen) atoms. The number of anilines is 1. The van der Waals surface area contributed by atoms with Gasteiger partial charge in [0.1, 0.15) is 12.6 Å². The van der Waals surface area contributed by atoms with Crippen LogP contribution in [0.15, 0.2) is 18.2 Å². The lowest BCUT2D eigenvalue weighted by Gasteiger charge is -2.27. The molecule has 0 radical (unpaired) electrons. The van der Waals surface area contributed by atoms with Gasteiger partial charge in [-0.3, -0.25) is 34.2 Å². The van der Waals surface area contributed by atoms with Crippen LogP contribution in [0.1, 0.15) is 105 Å². The first-order valence-corrected chi connectivity index (χ1v) is 21.8. The molecule has 1 aromatic carbocycles. The Hall–Kier alpha value is -3.55. The van der Waals surface area contributed by atoms with Crippen LogP contribution >= 0.6 is 0 Å². The highest BCUT2D eigenvalue weighted by Gasteiger charge is 2.45. The Balaban J connectivity index is 0.990. The normalized spacial score (nSPS) is 15.2. The molecule has 2 N–H and O–H groups in total. The number of benzene rings is 1. The lowest BCUT2D eigenvalue weighted by Crippen LogP contribution is -2.54. The number of amides is 4. The molecule has 1 aromatic rings. The zero-order valence-corrected chi connectivity index (χ0v) is 35.7. The Bertz CT molecular complexity index is 1380. The molecule has 2 aliphatic heterocycles. The Kier molecular flexibility index (Phi) is 28.0. The molecule has 0 aromatic heterocycles. The Morgan fingerprint density at radius 2 is 1.08 bits per heavy atom. The fraction of sp³-hybridized carbons (Fsp3) is 0.744. The van der Waals surface area contributed by atoms with E-state index in [1.807, 2.05) is 0 Å². The molecule has 0 spiro atoms. The molecule has 17 heteroatoms. The van der Waals surface area contributed by atoms with Crippen LogP contribution in [0.5, 0.6) is 0 Å². The zero-order valence-electron chi connectivity index (χ0n) is 35.7. The van der Waals surface area contributed by atoms with Gasteiger partial charge in [0.25, 0.3) is 11.8 Å². The Morgan fingerprint density at radius 3 is 1.58 bits per heavy atom. The number of carbonyl (C=O) groups excluding carboxylic acids is 5. The van der Waals surface area contributed by atoms with Crippen LogP contribution < -0.4 is 10.6 Å². The summed E-state index contributed by atoms with van der Waals surface area (Å²) in [7, 11) is 0. The third-order valence-corrected chi connectivity index (χ3v) is 9.61. The number of hydrogen-bond acceptors (Lipinski definition) is 15. The number of unbranched alkanes of at least 4 members (excludes halogenated alkanes) is 8. The van der Waals surface area contributed by atoms with Crippen molar-refractivity contribution in [1.82, 2.24) is 10.2 Å². The molecule has 4 amide bonds. The van der Waals surface area contributed by atoms with Crippen molar-refractivity contribution in [1.29, 1.82) is 0 Å². The van der Waals surface area contributed by atoms with Gasteiger partial charge in [-0.25, -0.2) is 0 Å². The largest absolute Gasteiger partial charge is 0.463 e. The molecule has 1 fully saturated rings. The topological polar surface area (TPSA) is 196 Å². The maximum absolute atomic E-state index is 13.2. The molecular formula is C43H69N3O14. The predicted molar refractivity (Wildman–Crippen MR) is 221 cm³/mol. The molecule has 0 aliphatic carbocycles. The van der Waals surface area contributed by atoms with E-state index in [4.69, 9.17) is 42.6 Å². The minimum absolute atomic E-state index is 0.0642. The summed E-state index contributed by atoms with van der Waals surface area (Å²) < 4.78 is 49.3. The number of esters is 1. The second-order valence-electron chi connectivity index (χ2n) is 14.3. The standard InChI is InChI=1S/C43H69N3O14/c1-2-3-4-5-6-7-8-9-10-14-39(48)60-34-33-59-32-31-58-30-29-57-28-27-56-26-25-55-24-23-54-22-21-53-20-19-52-18-17-44-36-13-11-12-35-40(36)43(51)46(42(35)50)37-15-16-38(47)45-41(37)49/h11-13,37,44H,2-10,14-34H2,1H3,(H,45,47,49). The van der Waals surface area contributed by atoms with Gasteiger partial charge in [-0.2, -0.15) is 0 Å². The molecule has 1 atom stereocenters. The van der Waals surface area contributed by atoms with E-state index in [2.05, 4.69) is 17.6 Å². The zero-order chi connectivity index (χ0) is 42.9. The van der Waals surface area contributed by atoms with E-state index in [0.717, 1.165) is 17.7 Å². The average Bonchev–Trinajstić information content (AvgIpc) is 3.50. The predicted octanol–water partition coefficient (Wildman–Crippen LogP) is 4.10. The van der Waals surface area contributed by atoms with Crippen LogP contribution in [0.2, 0.25) is 0 Å². The van der Waals surface area contributed by atoms with Gasteiger partial charge in [0.15, 0.2) is 0 Å². The molecule has 0 bridgehead atoms. The number of fused-ring (bicyclic) bond motifs is 1. The molecule has 0 saturated carbocycles. The van der Waals surface area contributed by atoms with Crippen molar-refractivity contribution in [2.24, 2.45) is 0 Å². The number of nitrogens with zero attached hydrogens (tertiary/aromatic N) is 1. The molecule has 2 heterocycles. The minimum atomic E-state index is -1.01. The molecule has 1 unspecified atom stereocenters. The number of imide groups is 2. The monoisotopic (exact) mass is 851 g/mol. The van der Waals surface area contributed by atoms with Crippen molar-refractivity contribution in [3.63, 3.8) is 0 Å². The van der Waals surface area contributed by atoms with E-state index in [9.17, 15) is 24.0 Å². The molecule has 340 valence electrons. The highest BCUT2D eigenvalue weighted by molar-refractivity contribution is 6.25. The first-order chi connectivity index (χ1) is 29.4. The van der Waals surface area contributed by atoms with Crippen LogP contribution in [0.3, 0.4) is 0 Å². The van der Waals surface area contributed by atoms with Crippen molar-refractivity contribution in [2.45, 2.75) is 90.0 Å². The van der Waals surface area contributed by atoms with Gasteiger partial charge in [0.2, 0.25) is 11.8 Å². The number of hydrogen-bond donors (Lipinski definition) is 2. The number of carbonyl (C=O) groups is 5. The summed E-state index contributed by atoms with van der Waals surface area (Å²) in [6, 6.07) is 3.90. The van der Waals surface area contributed by atoms with Crippen LogP contribution in [0, 0.1) is 0 Å². The van der Waals surface area contributed by atoms with Crippen molar-refractivity contribution >= 4 is 35.3 Å². The summed E-state index contributed by atoms with van der Waals surface area (Å²) in [4.78, 5) is 62.7. The van der Waals surface area contributed by atoms with Crippen molar-refractivity contribution in [3.8, 4) is 0 Å². The molecule has 1 saturated heterocycles. The third kappa shape index (κ3) is 21.3. The average molecular weight is 852 g/mol. The van der Waals surface area contributed by atoms with Gasteiger partial charge in [0, 0.05) is 25.1 Å². The van der Waals surface area contributed by atoms with Crippen molar-refractivity contribution in [3.05, 3.63) is 29.3 Å². The highest BCUT2D eigenvalue weighted by Crippen LogP contribution is 2.32. The molecule has 17 nitrogen and oxygen atoms in total.